The summed E-state index contributed by atoms with van der Waals surface area (Å²) in [6.45, 7) is 4.05. The Kier molecular flexibility index (Phi) is 3.01. The van der Waals surface area contributed by atoms with Gasteiger partial charge >= 0.3 is 5.97 Å². The topological polar surface area (TPSA) is 89.1 Å². The van der Waals surface area contributed by atoms with Crippen LogP contribution in [0.25, 0.3) is 0 Å². The van der Waals surface area contributed by atoms with Crippen LogP contribution < -0.4 is 5.73 Å². The first-order chi connectivity index (χ1) is 6.49. The van der Waals surface area contributed by atoms with Crippen molar-refractivity contribution in [1.29, 1.82) is 0 Å². The second-order valence-corrected chi connectivity index (χ2v) is 3.51. The molecular formula is C9H13N3O2. The minimum absolute atomic E-state index is 0.202. The van der Waals surface area contributed by atoms with Crippen LogP contribution in [-0.2, 0) is 6.42 Å². The number of hydrogen-bond acceptors (Lipinski definition) is 4. The van der Waals surface area contributed by atoms with E-state index in [0.717, 1.165) is 0 Å². The van der Waals surface area contributed by atoms with E-state index in [2.05, 4.69) is 9.97 Å². The van der Waals surface area contributed by atoms with Gasteiger partial charge in [-0.1, -0.05) is 13.8 Å². The molecule has 0 atom stereocenters. The number of hydrogen-bond donors (Lipinski definition) is 2. The average Bonchev–Trinajstić information content (AvgIpc) is 2.01. The van der Waals surface area contributed by atoms with Gasteiger partial charge in [-0.2, -0.15) is 0 Å². The second-order valence-electron chi connectivity index (χ2n) is 3.51. The molecular weight excluding hydrogens is 182 g/mol. The van der Waals surface area contributed by atoms with Gasteiger partial charge in [0.05, 0.1) is 0 Å². The van der Waals surface area contributed by atoms with Crippen LogP contribution in [0.15, 0.2) is 6.07 Å². The van der Waals surface area contributed by atoms with Gasteiger partial charge in [0.1, 0.15) is 5.82 Å². The van der Waals surface area contributed by atoms with Crippen molar-refractivity contribution in [3.8, 4) is 0 Å². The zero-order chi connectivity index (χ0) is 10.7. The van der Waals surface area contributed by atoms with E-state index >= 15 is 0 Å². The van der Waals surface area contributed by atoms with Gasteiger partial charge in [0.15, 0.2) is 0 Å². The Morgan fingerprint density at radius 3 is 2.71 bits per heavy atom. The molecule has 0 aliphatic carbocycles. The molecule has 0 radical (unpaired) electrons. The Labute approximate surface area is 82.0 Å². The van der Waals surface area contributed by atoms with Crippen molar-refractivity contribution in [3.05, 3.63) is 17.6 Å². The van der Waals surface area contributed by atoms with Crippen molar-refractivity contribution in [2.75, 3.05) is 5.73 Å². The maximum Gasteiger partial charge on any atom is 0.374 e. The molecule has 0 saturated carbocycles. The van der Waals surface area contributed by atoms with Crippen molar-refractivity contribution in [2.45, 2.75) is 20.3 Å². The molecule has 0 spiro atoms. The lowest BCUT2D eigenvalue weighted by Crippen LogP contribution is -2.10. The van der Waals surface area contributed by atoms with Crippen LogP contribution in [0.2, 0.25) is 0 Å². The first-order valence-corrected chi connectivity index (χ1v) is 4.35. The Morgan fingerprint density at radius 2 is 2.21 bits per heavy atom. The van der Waals surface area contributed by atoms with E-state index in [1.54, 1.807) is 6.07 Å². The molecule has 0 unspecified atom stereocenters. The maximum atomic E-state index is 10.6. The SMILES string of the molecule is CC(C)Cc1cc(N)nc(C(=O)O)n1. The van der Waals surface area contributed by atoms with Crippen molar-refractivity contribution in [1.82, 2.24) is 9.97 Å². The van der Waals surface area contributed by atoms with Crippen LogP contribution in [-0.4, -0.2) is 21.0 Å². The lowest BCUT2D eigenvalue weighted by molar-refractivity contribution is 0.0683. The highest BCUT2D eigenvalue weighted by atomic mass is 16.4. The summed E-state index contributed by atoms with van der Waals surface area (Å²) in [7, 11) is 0. The van der Waals surface area contributed by atoms with Gasteiger partial charge in [0.25, 0.3) is 0 Å². The van der Waals surface area contributed by atoms with E-state index in [9.17, 15) is 4.79 Å². The van der Waals surface area contributed by atoms with Gasteiger partial charge in [0.2, 0.25) is 5.82 Å². The number of nitrogen functional groups attached to an aromatic ring is 1. The molecule has 5 heteroatoms. The van der Waals surface area contributed by atoms with Crippen molar-refractivity contribution >= 4 is 11.8 Å². The average molecular weight is 195 g/mol. The van der Waals surface area contributed by atoms with Gasteiger partial charge < -0.3 is 10.8 Å². The quantitative estimate of drug-likeness (QED) is 0.749. The predicted octanol–water partition coefficient (Wildman–Crippen LogP) is 0.956. The largest absolute Gasteiger partial charge is 0.475 e. The van der Waals surface area contributed by atoms with E-state index in [1.807, 2.05) is 13.8 Å². The molecule has 0 amide bonds. The molecule has 76 valence electrons. The van der Waals surface area contributed by atoms with E-state index in [0.29, 0.717) is 18.0 Å². The van der Waals surface area contributed by atoms with E-state index in [4.69, 9.17) is 10.8 Å². The molecule has 0 aliphatic rings. The fraction of sp³-hybridized carbons (Fsp3) is 0.444. The number of rotatable bonds is 3. The number of aromatic carboxylic acids is 1. The zero-order valence-corrected chi connectivity index (χ0v) is 8.19. The van der Waals surface area contributed by atoms with Crippen LogP contribution >= 0.6 is 0 Å². The first kappa shape index (κ1) is 10.4. The highest BCUT2D eigenvalue weighted by Crippen LogP contribution is 2.08. The van der Waals surface area contributed by atoms with Crippen LogP contribution in [0.3, 0.4) is 0 Å². The van der Waals surface area contributed by atoms with Crippen LogP contribution in [0.4, 0.5) is 5.82 Å². The minimum Gasteiger partial charge on any atom is -0.475 e. The monoisotopic (exact) mass is 195 g/mol. The molecule has 1 heterocycles. The van der Waals surface area contributed by atoms with Gasteiger partial charge in [-0.25, -0.2) is 14.8 Å². The molecule has 5 nitrogen and oxygen atoms in total. The highest BCUT2D eigenvalue weighted by molar-refractivity contribution is 5.83. The lowest BCUT2D eigenvalue weighted by atomic mass is 10.1. The maximum absolute atomic E-state index is 10.6. The highest BCUT2D eigenvalue weighted by Gasteiger charge is 2.10. The number of carboxylic acid groups (broad SMARTS) is 1. The van der Waals surface area contributed by atoms with Gasteiger partial charge in [-0.3, -0.25) is 0 Å². The number of carboxylic acids is 1. The molecule has 3 N–H and O–H groups in total. The minimum atomic E-state index is -1.15. The summed E-state index contributed by atoms with van der Waals surface area (Å²) < 4.78 is 0. The summed E-state index contributed by atoms with van der Waals surface area (Å²) in [6, 6.07) is 1.60. The lowest BCUT2D eigenvalue weighted by Gasteiger charge is -2.05. The van der Waals surface area contributed by atoms with Crippen molar-refractivity contribution in [2.24, 2.45) is 5.92 Å². The Morgan fingerprint density at radius 1 is 1.57 bits per heavy atom. The molecule has 0 saturated heterocycles. The zero-order valence-electron chi connectivity index (χ0n) is 8.19. The third-order valence-electron chi connectivity index (χ3n) is 1.61. The van der Waals surface area contributed by atoms with Gasteiger partial charge in [-0.15, -0.1) is 0 Å². The fourth-order valence-corrected chi connectivity index (χ4v) is 1.14. The molecule has 1 rings (SSSR count). The number of anilines is 1. The van der Waals surface area contributed by atoms with Crippen LogP contribution in [0.1, 0.15) is 30.2 Å². The molecule has 1 aromatic rings. The molecule has 0 bridgehead atoms. The normalized spacial score (nSPS) is 10.5. The summed E-state index contributed by atoms with van der Waals surface area (Å²) in [4.78, 5) is 18.1. The third kappa shape index (κ3) is 2.69. The van der Waals surface area contributed by atoms with Crippen molar-refractivity contribution in [3.63, 3.8) is 0 Å². The predicted molar refractivity (Wildman–Crippen MR) is 51.9 cm³/mol. The standard InChI is InChI=1S/C9H13N3O2/c1-5(2)3-6-4-7(10)12-8(11-6)9(13)14/h4-5H,3H2,1-2H3,(H,13,14)(H2,10,11,12). The van der Waals surface area contributed by atoms with Crippen LogP contribution in [0.5, 0.6) is 0 Å². The van der Waals surface area contributed by atoms with Crippen LogP contribution in [0, 0.1) is 5.92 Å². The summed E-state index contributed by atoms with van der Waals surface area (Å²) >= 11 is 0. The van der Waals surface area contributed by atoms with Crippen molar-refractivity contribution < 1.29 is 9.90 Å². The molecule has 0 aromatic carbocycles. The van der Waals surface area contributed by atoms with E-state index < -0.39 is 5.97 Å². The summed E-state index contributed by atoms with van der Waals surface area (Å²) in [6.07, 6.45) is 0.701. The second kappa shape index (κ2) is 4.04. The Bertz CT molecular complexity index is 350. The number of carbonyl (C=O) groups is 1. The third-order valence-corrected chi connectivity index (χ3v) is 1.61. The summed E-state index contributed by atoms with van der Waals surface area (Å²) in [5.41, 5.74) is 6.13. The van der Waals surface area contributed by atoms with Gasteiger partial charge in [0, 0.05) is 11.8 Å². The van der Waals surface area contributed by atoms with Gasteiger partial charge in [-0.05, 0) is 12.3 Å². The Hall–Kier alpha value is -1.65. The molecule has 0 aliphatic heterocycles. The Balaban J connectivity index is 3.01. The van der Waals surface area contributed by atoms with E-state index in [1.165, 1.54) is 0 Å². The molecule has 14 heavy (non-hydrogen) atoms. The smallest absolute Gasteiger partial charge is 0.374 e. The first-order valence-electron chi connectivity index (χ1n) is 4.35. The molecule has 0 fully saturated rings. The number of aromatic nitrogens is 2. The summed E-state index contributed by atoms with van der Waals surface area (Å²) in [5.74, 6) is -0.776. The molecule has 1 aromatic heterocycles. The number of nitrogens with zero attached hydrogens (tertiary/aromatic N) is 2. The fourth-order valence-electron chi connectivity index (χ4n) is 1.14. The van der Waals surface area contributed by atoms with E-state index in [-0.39, 0.29) is 11.6 Å². The number of nitrogens with two attached hydrogens (primary N) is 1. The summed E-state index contributed by atoms with van der Waals surface area (Å²) in [5, 5.41) is 8.69.